The number of sulfonamides is 1. The van der Waals surface area contributed by atoms with Gasteiger partial charge in [0.1, 0.15) is 4.21 Å². The van der Waals surface area contributed by atoms with E-state index < -0.39 is 21.8 Å². The summed E-state index contributed by atoms with van der Waals surface area (Å²) in [6.45, 7) is 5.86. The molecule has 1 aromatic carbocycles. The highest BCUT2D eigenvalue weighted by Crippen LogP contribution is 2.39. The Hall–Kier alpha value is -1.62. The number of thiophene rings is 1. The first-order chi connectivity index (χ1) is 14.3. The molecule has 0 aliphatic carbocycles. The Labute approximate surface area is 185 Å². The number of halogens is 3. The average molecular weight is 477 g/mol. The number of hydrogen-bond acceptors (Lipinski definition) is 5. The molecule has 0 saturated carbocycles. The lowest BCUT2D eigenvalue weighted by Gasteiger charge is -2.43. The molecule has 1 N–H and O–H groups in total. The molecule has 1 aromatic heterocycles. The first-order valence-corrected chi connectivity index (χ1v) is 12.4. The van der Waals surface area contributed by atoms with Gasteiger partial charge in [-0.1, -0.05) is 32.0 Å². The lowest BCUT2D eigenvalue weighted by molar-refractivity contribution is -0.258. The second-order valence-corrected chi connectivity index (χ2v) is 11.5. The smallest absolute Gasteiger partial charge is 0.376 e. The topological polar surface area (TPSA) is 60.9 Å². The van der Waals surface area contributed by atoms with Gasteiger partial charge in [0.25, 0.3) is 10.0 Å². The molecule has 1 aliphatic heterocycles. The average Bonchev–Trinajstić information content (AvgIpc) is 3.22. The number of benzene rings is 1. The van der Waals surface area contributed by atoms with E-state index in [2.05, 4.69) is 13.8 Å². The van der Waals surface area contributed by atoms with E-state index in [0.29, 0.717) is 28.9 Å². The largest absolute Gasteiger partial charge is 0.421 e. The van der Waals surface area contributed by atoms with Gasteiger partial charge < -0.3 is 10.0 Å². The predicted octanol–water partition coefficient (Wildman–Crippen LogP) is 4.44. The summed E-state index contributed by atoms with van der Waals surface area (Å²) < 4.78 is 67.1. The van der Waals surface area contributed by atoms with Crippen LogP contribution in [0.1, 0.15) is 32.8 Å². The molecule has 5 nitrogen and oxygen atoms in total. The van der Waals surface area contributed by atoms with Crippen molar-refractivity contribution >= 4 is 27.0 Å². The highest BCUT2D eigenvalue weighted by atomic mass is 32.2. The summed E-state index contributed by atoms with van der Waals surface area (Å²) in [5, 5.41) is 11.6. The van der Waals surface area contributed by atoms with Gasteiger partial charge in [-0.3, -0.25) is 0 Å². The maximum Gasteiger partial charge on any atom is 0.421 e. The van der Waals surface area contributed by atoms with Crippen LogP contribution in [0.25, 0.3) is 0 Å². The Morgan fingerprint density at radius 3 is 2.32 bits per heavy atom. The Morgan fingerprint density at radius 2 is 1.81 bits per heavy atom. The highest BCUT2D eigenvalue weighted by molar-refractivity contribution is 7.91. The van der Waals surface area contributed by atoms with Gasteiger partial charge in [-0.05, 0) is 48.4 Å². The van der Waals surface area contributed by atoms with E-state index >= 15 is 0 Å². The number of alkyl halides is 3. The quantitative estimate of drug-likeness (QED) is 0.670. The Balaban J connectivity index is 1.84. The summed E-state index contributed by atoms with van der Waals surface area (Å²) in [4.78, 5) is 2.05. The second-order valence-electron chi connectivity index (χ2n) is 8.39. The van der Waals surface area contributed by atoms with Crippen LogP contribution >= 0.6 is 11.3 Å². The van der Waals surface area contributed by atoms with Crippen molar-refractivity contribution in [1.29, 1.82) is 0 Å². The zero-order valence-corrected chi connectivity index (χ0v) is 19.3. The molecule has 2 aromatic rings. The Kier molecular flexibility index (Phi) is 6.76. The first-order valence-electron chi connectivity index (χ1n) is 10.0. The van der Waals surface area contributed by atoms with Crippen LogP contribution in [0, 0.1) is 5.92 Å². The van der Waals surface area contributed by atoms with E-state index in [1.54, 1.807) is 29.6 Å². The third-order valence-corrected chi connectivity index (χ3v) is 8.83. The van der Waals surface area contributed by atoms with Gasteiger partial charge in [0.15, 0.2) is 5.60 Å². The maximum absolute atomic E-state index is 13.1. The van der Waals surface area contributed by atoms with Crippen LogP contribution < -0.4 is 4.90 Å². The van der Waals surface area contributed by atoms with Gasteiger partial charge in [0.2, 0.25) is 0 Å². The molecule has 3 rings (SSSR count). The van der Waals surface area contributed by atoms with Crippen molar-refractivity contribution in [2.45, 2.75) is 49.2 Å². The summed E-state index contributed by atoms with van der Waals surface area (Å²) in [6, 6.07) is 8.87. The molecule has 10 heteroatoms. The van der Waals surface area contributed by atoms with Gasteiger partial charge >= 0.3 is 6.18 Å². The molecule has 0 radical (unpaired) electrons. The molecule has 1 saturated heterocycles. The van der Waals surface area contributed by atoms with E-state index in [1.165, 1.54) is 27.8 Å². The van der Waals surface area contributed by atoms with E-state index in [0.717, 1.165) is 13.3 Å². The van der Waals surface area contributed by atoms with Crippen molar-refractivity contribution in [1.82, 2.24) is 4.31 Å². The normalized spacial score (nSPS) is 20.8. The zero-order chi connectivity index (χ0) is 23.0. The van der Waals surface area contributed by atoms with Gasteiger partial charge in [-0.15, -0.1) is 11.3 Å². The maximum atomic E-state index is 13.1. The van der Waals surface area contributed by atoms with Crippen LogP contribution in [-0.4, -0.2) is 49.7 Å². The lowest BCUT2D eigenvalue weighted by Crippen LogP contribution is -2.55. The summed E-state index contributed by atoms with van der Waals surface area (Å²) in [7, 11) is -3.57. The molecule has 1 aliphatic rings. The second kappa shape index (κ2) is 8.73. The van der Waals surface area contributed by atoms with E-state index in [9.17, 15) is 26.7 Å². The number of hydrogen-bond donors (Lipinski definition) is 1. The molecular weight excluding hydrogens is 449 g/mol. The molecule has 2 heterocycles. The van der Waals surface area contributed by atoms with Crippen molar-refractivity contribution in [3.8, 4) is 0 Å². The Morgan fingerprint density at radius 1 is 1.16 bits per heavy atom. The van der Waals surface area contributed by atoms with E-state index in [1.807, 2.05) is 4.90 Å². The highest BCUT2D eigenvalue weighted by Gasteiger charge is 2.51. The minimum atomic E-state index is -4.78. The van der Waals surface area contributed by atoms with Crippen LogP contribution in [0.4, 0.5) is 18.9 Å². The monoisotopic (exact) mass is 476 g/mol. The fourth-order valence-electron chi connectivity index (χ4n) is 3.81. The number of nitrogens with zero attached hydrogens (tertiary/aromatic N) is 2. The molecule has 0 spiro atoms. The SMILES string of the molecule is CC(C)C[C@@H]1CN(S(=O)(=O)c2cccs2)CCN1c1ccc(C(C)(O)C(F)(F)F)cc1. The standard InChI is InChI=1S/C21H27F3N2O3S2/c1-15(2)13-18-14-25(31(28,29)19-5-4-12-30-19)10-11-26(18)17-8-6-16(7-9-17)20(3,27)21(22,23)24/h4-9,12,15,18,27H,10-11,13-14H2,1-3H3/t18-,20?/m1/s1. The van der Waals surface area contributed by atoms with Gasteiger partial charge in [-0.25, -0.2) is 8.42 Å². The van der Waals surface area contributed by atoms with Crippen LogP contribution in [-0.2, 0) is 15.6 Å². The summed E-state index contributed by atoms with van der Waals surface area (Å²) in [5.74, 6) is 0.308. The first kappa shape index (κ1) is 24.0. The van der Waals surface area contributed by atoms with Gasteiger partial charge in [0.05, 0.1) is 0 Å². The van der Waals surface area contributed by atoms with Crippen molar-refractivity contribution in [2.75, 3.05) is 24.5 Å². The lowest BCUT2D eigenvalue weighted by atomic mass is 9.94. The van der Waals surface area contributed by atoms with Gasteiger partial charge in [0, 0.05) is 31.4 Å². The third kappa shape index (κ3) is 4.92. The van der Waals surface area contributed by atoms with Crippen molar-refractivity contribution in [3.63, 3.8) is 0 Å². The predicted molar refractivity (Wildman–Crippen MR) is 116 cm³/mol. The molecule has 31 heavy (non-hydrogen) atoms. The van der Waals surface area contributed by atoms with Crippen LogP contribution in [0.15, 0.2) is 46.0 Å². The third-order valence-electron chi connectivity index (χ3n) is 5.59. The summed E-state index contributed by atoms with van der Waals surface area (Å²) >= 11 is 1.18. The van der Waals surface area contributed by atoms with Crippen LogP contribution in [0.2, 0.25) is 0 Å². The molecular formula is C21H27F3N2O3S2. The van der Waals surface area contributed by atoms with Crippen molar-refractivity contribution in [3.05, 3.63) is 47.3 Å². The molecule has 0 amide bonds. The van der Waals surface area contributed by atoms with E-state index in [-0.39, 0.29) is 18.2 Å². The molecule has 2 atom stereocenters. The summed E-state index contributed by atoms with van der Waals surface area (Å²) in [5.41, 5.74) is -2.46. The minimum Gasteiger partial charge on any atom is -0.376 e. The number of anilines is 1. The Bertz CT molecular complexity index is 972. The molecule has 172 valence electrons. The number of aliphatic hydroxyl groups is 1. The van der Waals surface area contributed by atoms with Crippen LogP contribution in [0.3, 0.4) is 0 Å². The van der Waals surface area contributed by atoms with E-state index in [4.69, 9.17) is 0 Å². The zero-order valence-electron chi connectivity index (χ0n) is 17.6. The van der Waals surface area contributed by atoms with Gasteiger partial charge in [-0.2, -0.15) is 17.5 Å². The minimum absolute atomic E-state index is 0.113. The van der Waals surface area contributed by atoms with Crippen molar-refractivity contribution in [2.24, 2.45) is 5.92 Å². The summed E-state index contributed by atoms with van der Waals surface area (Å²) in [6.07, 6.45) is -4.05. The number of rotatable bonds is 6. The van der Waals surface area contributed by atoms with Crippen LogP contribution in [0.5, 0.6) is 0 Å². The molecule has 1 fully saturated rings. The molecule has 1 unspecified atom stereocenters. The fraction of sp³-hybridized carbons (Fsp3) is 0.524. The molecule has 0 bridgehead atoms. The fourth-order valence-corrected chi connectivity index (χ4v) is 6.42. The van der Waals surface area contributed by atoms with Crippen molar-refractivity contribution < 1.29 is 26.7 Å². The number of piperazine rings is 1.